The average molecular weight is 485 g/mol. The molecule has 30 heavy (non-hydrogen) atoms. The molecule has 2 aromatic heterocycles. The van der Waals surface area contributed by atoms with E-state index in [0.717, 1.165) is 16.1 Å². The first-order chi connectivity index (χ1) is 13.9. The Kier molecular flexibility index (Phi) is 8.89. The number of nitrogen functional groups attached to an aromatic ring is 1. The molecule has 16 heteroatoms. The second kappa shape index (κ2) is 10.6. The molecule has 0 saturated heterocycles. The number of thiazole rings is 1. The Bertz CT molecular complexity index is 855. The lowest BCUT2D eigenvalue weighted by Gasteiger charge is -2.24. The van der Waals surface area contributed by atoms with Gasteiger partial charge in [-0.2, -0.15) is 18.9 Å². The predicted molar refractivity (Wildman–Crippen MR) is 103 cm³/mol. The molecule has 0 aromatic carbocycles. The van der Waals surface area contributed by atoms with Crippen LogP contribution in [0.4, 0.5) is 5.82 Å². The van der Waals surface area contributed by atoms with Crippen molar-refractivity contribution >= 4 is 33.5 Å². The summed E-state index contributed by atoms with van der Waals surface area (Å²) < 4.78 is 14.7. The number of anilines is 1. The van der Waals surface area contributed by atoms with Gasteiger partial charge in [0.05, 0.1) is 17.0 Å². The van der Waals surface area contributed by atoms with Crippen LogP contribution in [0.15, 0.2) is 11.7 Å². The zero-order chi connectivity index (χ0) is 22.5. The van der Waals surface area contributed by atoms with E-state index in [9.17, 15) is 19.6 Å². The third-order valence-electron chi connectivity index (χ3n) is 3.72. The molecule has 0 amide bonds. The van der Waals surface area contributed by atoms with Gasteiger partial charge in [-0.1, -0.05) is 11.3 Å². The predicted octanol–water partition coefficient (Wildman–Crippen LogP) is -1.96. The molecule has 0 aliphatic rings. The highest BCUT2D eigenvalue weighted by molar-refractivity contribution is 7.66. The minimum Gasteiger partial charge on any atom is -0.603 e. The molecule has 6 N–H and O–H groups in total. The van der Waals surface area contributed by atoms with Crippen molar-refractivity contribution in [2.24, 2.45) is 0 Å². The first kappa shape index (κ1) is 25.3. The standard InChI is InChI=1S/C14H22N4O9P2S/c1-9-12(30-8-18(9)6-11-5-16-10(2)17-14(11)15)3-4-25-28(21,22)27-29(23,24)26-13(20)7-19/h5,8,13,19-20H,3-4,6-7H2,1-2H3,(H3-,15,16,17,21,22,23,24)/p+1. The number of hydrogen-bond acceptors (Lipinski definition) is 13. The van der Waals surface area contributed by atoms with E-state index < -0.39 is 29.2 Å². The lowest BCUT2D eigenvalue weighted by Crippen LogP contribution is -2.35. The zero-order valence-electron chi connectivity index (χ0n) is 16.1. The molecule has 2 rings (SSSR count). The zero-order valence-corrected chi connectivity index (χ0v) is 18.7. The summed E-state index contributed by atoms with van der Waals surface area (Å²) in [5.74, 6) is 0.950. The fraction of sp³-hybridized carbons (Fsp3) is 0.500. The average Bonchev–Trinajstić information content (AvgIpc) is 2.96. The summed E-state index contributed by atoms with van der Waals surface area (Å²) in [6.07, 6.45) is -0.196. The van der Waals surface area contributed by atoms with Crippen molar-refractivity contribution < 1.29 is 47.7 Å². The number of phosphoric acid groups is 2. The Balaban J connectivity index is 1.92. The molecule has 13 nitrogen and oxygen atoms in total. The van der Waals surface area contributed by atoms with Crippen LogP contribution < -0.4 is 20.1 Å². The van der Waals surface area contributed by atoms with Crippen molar-refractivity contribution in [3.05, 3.63) is 33.7 Å². The molecule has 3 unspecified atom stereocenters. The minimum atomic E-state index is -5.12. The number of aromatic nitrogens is 3. The van der Waals surface area contributed by atoms with Crippen LogP contribution >= 0.6 is 27.7 Å². The Morgan fingerprint density at radius 2 is 2.00 bits per heavy atom. The lowest BCUT2D eigenvalue weighted by molar-refractivity contribution is -0.689. The molecular formula is C14H23N4O9P2S+. The highest BCUT2D eigenvalue weighted by Crippen LogP contribution is 2.65. The molecule has 0 radical (unpaired) electrons. The number of rotatable bonds is 11. The van der Waals surface area contributed by atoms with E-state index in [1.54, 1.807) is 13.1 Å². The van der Waals surface area contributed by atoms with Crippen molar-refractivity contribution in [2.75, 3.05) is 18.9 Å². The molecule has 3 atom stereocenters. The van der Waals surface area contributed by atoms with Gasteiger partial charge in [0.2, 0.25) is 11.8 Å². The Morgan fingerprint density at radius 1 is 1.30 bits per heavy atom. The summed E-state index contributed by atoms with van der Waals surface area (Å²) in [6.45, 7) is 2.71. The van der Waals surface area contributed by atoms with E-state index in [0.29, 0.717) is 18.2 Å². The number of aliphatic hydroxyl groups is 2. The topological polar surface area (TPSA) is 210 Å². The summed E-state index contributed by atoms with van der Waals surface area (Å²) in [6, 6.07) is 0. The smallest absolute Gasteiger partial charge is 0.436 e. The molecule has 0 spiro atoms. The van der Waals surface area contributed by atoms with Crippen LogP contribution in [-0.4, -0.2) is 49.5 Å². The van der Waals surface area contributed by atoms with E-state index in [4.69, 9.17) is 15.9 Å². The summed E-state index contributed by atoms with van der Waals surface area (Å²) >= 11 is 1.38. The number of hydrogen-bond donors (Lipinski definition) is 5. The van der Waals surface area contributed by atoms with Crippen LogP contribution in [0.1, 0.15) is 22.0 Å². The normalized spacial score (nSPS) is 16.8. The van der Waals surface area contributed by atoms with Crippen molar-refractivity contribution in [3.63, 3.8) is 0 Å². The summed E-state index contributed by atoms with van der Waals surface area (Å²) in [7, 11) is -10.1. The quantitative estimate of drug-likeness (QED) is 0.133. The van der Waals surface area contributed by atoms with Gasteiger partial charge in [-0.25, -0.2) is 9.97 Å². The second-order valence-electron chi connectivity index (χ2n) is 6.03. The van der Waals surface area contributed by atoms with E-state index in [1.165, 1.54) is 11.3 Å². The number of nitrogens with two attached hydrogens (primary N) is 1. The number of phosphoric ester groups is 2. The lowest BCUT2D eigenvalue weighted by atomic mass is 10.2. The highest BCUT2D eigenvalue weighted by Gasteiger charge is 2.47. The first-order valence-corrected chi connectivity index (χ1v) is 12.3. The molecule has 0 saturated carbocycles. The number of aryl methyl sites for hydroxylation is 1. The maximum Gasteiger partial charge on any atom is 0.436 e. The van der Waals surface area contributed by atoms with Crippen LogP contribution in [0.5, 0.6) is 0 Å². The van der Waals surface area contributed by atoms with Gasteiger partial charge >= 0.3 is 16.3 Å². The summed E-state index contributed by atoms with van der Waals surface area (Å²) in [4.78, 5) is 51.3. The molecule has 2 aromatic rings. The third kappa shape index (κ3) is 7.61. The highest BCUT2D eigenvalue weighted by atomic mass is 32.1. The fourth-order valence-corrected chi connectivity index (χ4v) is 5.34. The Labute approximate surface area is 177 Å². The maximum atomic E-state index is 11.8. The van der Waals surface area contributed by atoms with Gasteiger partial charge in [0, 0.05) is 23.9 Å². The molecule has 0 fully saturated rings. The van der Waals surface area contributed by atoms with Crippen LogP contribution in [0.25, 0.3) is 0 Å². The summed E-state index contributed by atoms with van der Waals surface area (Å²) in [5, 5.41) is 17.5. The number of aliphatic hydroxyl groups excluding tert-OH is 2. The van der Waals surface area contributed by atoms with Gasteiger partial charge in [0.25, 0.3) is 0 Å². The van der Waals surface area contributed by atoms with Crippen LogP contribution in [0.2, 0.25) is 0 Å². The van der Waals surface area contributed by atoms with Gasteiger partial charge in [-0.05, 0) is 6.92 Å². The van der Waals surface area contributed by atoms with Crippen LogP contribution in [0.3, 0.4) is 0 Å². The molecule has 168 valence electrons. The molecule has 0 aliphatic heterocycles. The van der Waals surface area contributed by atoms with E-state index in [2.05, 4.69) is 23.3 Å². The molecular weight excluding hydrogens is 462 g/mol. The summed E-state index contributed by atoms with van der Waals surface area (Å²) in [5.41, 5.74) is 9.35. The van der Waals surface area contributed by atoms with E-state index in [-0.39, 0.29) is 13.0 Å². The largest absolute Gasteiger partial charge is 0.603 e. The van der Waals surface area contributed by atoms with Crippen LogP contribution in [0, 0.1) is 13.8 Å². The minimum absolute atomic E-state index is 0.215. The van der Waals surface area contributed by atoms with Gasteiger partial charge in [0.1, 0.15) is 18.2 Å². The number of nitrogens with zero attached hydrogens (tertiary/aromatic N) is 3. The molecule has 0 bridgehead atoms. The fourth-order valence-electron chi connectivity index (χ4n) is 2.28. The molecule has 0 aliphatic carbocycles. The SMILES string of the molecule is Cc1ncc(C[n+]2csc(CCO[P+]([O-])(O)O[P+]([O-])(O)OC(O)CO)c2C)c(N)n1. The van der Waals surface area contributed by atoms with Gasteiger partial charge in [-0.15, -0.1) is 4.52 Å². The van der Waals surface area contributed by atoms with Gasteiger partial charge in [-0.3, -0.25) is 0 Å². The van der Waals surface area contributed by atoms with Crippen LogP contribution in [-0.2, 0) is 26.3 Å². The Morgan fingerprint density at radius 3 is 2.63 bits per heavy atom. The van der Waals surface area contributed by atoms with Gasteiger partial charge in [0.15, 0.2) is 12.2 Å². The monoisotopic (exact) mass is 485 g/mol. The maximum absolute atomic E-state index is 11.8. The van der Waals surface area contributed by atoms with Gasteiger partial charge < -0.3 is 25.7 Å². The third-order valence-corrected chi connectivity index (χ3v) is 7.53. The van der Waals surface area contributed by atoms with Crippen molar-refractivity contribution in [2.45, 2.75) is 33.1 Å². The van der Waals surface area contributed by atoms with Crippen molar-refractivity contribution in [1.29, 1.82) is 0 Å². The second-order valence-corrected chi connectivity index (χ2v) is 9.97. The first-order valence-electron chi connectivity index (χ1n) is 8.45. The van der Waals surface area contributed by atoms with E-state index in [1.807, 2.05) is 17.0 Å². The molecule has 2 heterocycles. The van der Waals surface area contributed by atoms with E-state index >= 15 is 0 Å². The van der Waals surface area contributed by atoms with Crippen molar-refractivity contribution in [1.82, 2.24) is 9.97 Å². The Hall–Kier alpha value is -0.990. The van der Waals surface area contributed by atoms with Crippen molar-refractivity contribution in [3.8, 4) is 0 Å².